The van der Waals surface area contributed by atoms with Crippen LogP contribution in [0.4, 0.5) is 0 Å². The minimum Gasteiger partial charge on any atom is -0.462 e. The standard InChI is InChI=1S/C29H34O2S/c1-6-7-17-31-27(30)24-10-8-9-20-18-21(11-13-23(20)24)32-22-12-14-25-26(19-22)29(4,5)16-15-28(25,2)3/h8-14,18-19H,6-7,15-17H2,1-5H3. The topological polar surface area (TPSA) is 26.3 Å². The number of esters is 1. The number of fused-ring (bicyclic) bond motifs is 2. The number of benzene rings is 3. The first-order chi connectivity index (χ1) is 15.2. The third-order valence-corrected chi connectivity index (χ3v) is 7.84. The van der Waals surface area contributed by atoms with Crippen molar-refractivity contribution in [2.45, 2.75) is 80.9 Å². The van der Waals surface area contributed by atoms with Crippen LogP contribution in [0.3, 0.4) is 0 Å². The summed E-state index contributed by atoms with van der Waals surface area (Å²) < 4.78 is 5.45. The molecule has 0 heterocycles. The number of carbonyl (C=O) groups excluding carboxylic acids is 1. The molecule has 168 valence electrons. The van der Waals surface area contributed by atoms with E-state index in [1.54, 1.807) is 11.8 Å². The molecule has 3 heteroatoms. The number of carbonyl (C=O) groups is 1. The molecule has 0 amide bonds. The number of hydrogen-bond donors (Lipinski definition) is 0. The van der Waals surface area contributed by atoms with E-state index in [1.807, 2.05) is 12.1 Å². The Morgan fingerprint density at radius 1 is 0.906 bits per heavy atom. The van der Waals surface area contributed by atoms with Crippen molar-refractivity contribution < 1.29 is 9.53 Å². The van der Waals surface area contributed by atoms with E-state index in [-0.39, 0.29) is 16.8 Å². The van der Waals surface area contributed by atoms with Crippen molar-refractivity contribution in [1.82, 2.24) is 0 Å². The van der Waals surface area contributed by atoms with Crippen molar-refractivity contribution in [3.8, 4) is 0 Å². The van der Waals surface area contributed by atoms with Crippen molar-refractivity contribution in [3.05, 3.63) is 71.3 Å². The lowest BCUT2D eigenvalue weighted by molar-refractivity contribution is 0.0502. The lowest BCUT2D eigenvalue weighted by Crippen LogP contribution is -2.33. The fourth-order valence-corrected chi connectivity index (χ4v) is 5.56. The number of ether oxygens (including phenoxy) is 1. The Bertz CT molecular complexity index is 1140. The normalized spacial score (nSPS) is 16.5. The molecule has 0 saturated heterocycles. The SMILES string of the molecule is CCCCOC(=O)c1cccc2cc(Sc3ccc4c(c3)C(C)(C)CCC4(C)C)ccc12. The van der Waals surface area contributed by atoms with Crippen LogP contribution in [-0.2, 0) is 15.6 Å². The number of rotatable bonds is 6. The minimum atomic E-state index is -0.232. The molecule has 0 fully saturated rings. The summed E-state index contributed by atoms with van der Waals surface area (Å²) in [7, 11) is 0. The maximum atomic E-state index is 12.5. The van der Waals surface area contributed by atoms with Gasteiger partial charge < -0.3 is 4.74 Å². The van der Waals surface area contributed by atoms with E-state index >= 15 is 0 Å². The van der Waals surface area contributed by atoms with Crippen molar-refractivity contribution >= 4 is 28.5 Å². The monoisotopic (exact) mass is 446 g/mol. The summed E-state index contributed by atoms with van der Waals surface area (Å²) >= 11 is 1.79. The summed E-state index contributed by atoms with van der Waals surface area (Å²) in [5, 5.41) is 2.02. The van der Waals surface area contributed by atoms with Gasteiger partial charge in [0.05, 0.1) is 12.2 Å². The number of unbranched alkanes of at least 4 members (excludes halogenated alkanes) is 1. The molecule has 0 bridgehead atoms. The Morgan fingerprint density at radius 3 is 2.34 bits per heavy atom. The molecule has 1 aliphatic carbocycles. The van der Waals surface area contributed by atoms with E-state index in [1.165, 1.54) is 33.8 Å². The van der Waals surface area contributed by atoms with Crippen LogP contribution in [-0.4, -0.2) is 12.6 Å². The molecule has 4 rings (SSSR count). The van der Waals surface area contributed by atoms with Crippen molar-refractivity contribution in [2.24, 2.45) is 0 Å². The van der Waals surface area contributed by atoms with E-state index in [0.29, 0.717) is 12.2 Å². The van der Waals surface area contributed by atoms with Gasteiger partial charge in [-0.1, -0.05) is 77.1 Å². The highest BCUT2D eigenvalue weighted by Crippen LogP contribution is 2.47. The van der Waals surface area contributed by atoms with Gasteiger partial charge in [-0.2, -0.15) is 0 Å². The van der Waals surface area contributed by atoms with Gasteiger partial charge >= 0.3 is 5.97 Å². The van der Waals surface area contributed by atoms with E-state index in [9.17, 15) is 4.79 Å². The second kappa shape index (κ2) is 8.94. The highest BCUT2D eigenvalue weighted by Gasteiger charge is 2.36. The molecule has 3 aromatic carbocycles. The van der Waals surface area contributed by atoms with Crippen molar-refractivity contribution in [1.29, 1.82) is 0 Å². The third kappa shape index (κ3) is 4.59. The summed E-state index contributed by atoms with van der Waals surface area (Å²) in [6, 6.07) is 19.2. The summed E-state index contributed by atoms with van der Waals surface area (Å²) in [6.45, 7) is 12.0. The molecule has 0 N–H and O–H groups in total. The van der Waals surface area contributed by atoms with Gasteiger partial charge in [-0.15, -0.1) is 0 Å². The summed E-state index contributed by atoms with van der Waals surface area (Å²) in [4.78, 5) is 15.0. The molecular formula is C29H34O2S. The van der Waals surface area contributed by atoms with Gasteiger partial charge in [0.1, 0.15) is 0 Å². The zero-order valence-electron chi connectivity index (χ0n) is 20.0. The molecule has 0 radical (unpaired) electrons. The Morgan fingerprint density at radius 2 is 1.59 bits per heavy atom. The highest BCUT2D eigenvalue weighted by molar-refractivity contribution is 7.99. The number of hydrogen-bond acceptors (Lipinski definition) is 3. The maximum absolute atomic E-state index is 12.5. The first-order valence-electron chi connectivity index (χ1n) is 11.7. The fourth-order valence-electron chi connectivity index (χ4n) is 4.66. The Balaban J connectivity index is 1.61. The molecule has 0 aliphatic heterocycles. The predicted molar refractivity (Wildman–Crippen MR) is 135 cm³/mol. The van der Waals surface area contributed by atoms with Gasteiger partial charge in [0.2, 0.25) is 0 Å². The Hall–Kier alpha value is -2.26. The van der Waals surface area contributed by atoms with Gasteiger partial charge in [-0.05, 0) is 82.3 Å². The average molecular weight is 447 g/mol. The molecule has 0 unspecified atom stereocenters. The van der Waals surface area contributed by atoms with Gasteiger partial charge in [-0.25, -0.2) is 4.79 Å². The van der Waals surface area contributed by atoms with Crippen molar-refractivity contribution in [2.75, 3.05) is 6.61 Å². The second-order valence-electron chi connectivity index (χ2n) is 10.3. The lowest BCUT2D eigenvalue weighted by Gasteiger charge is -2.42. The van der Waals surface area contributed by atoms with Crippen LogP contribution in [0.5, 0.6) is 0 Å². The van der Waals surface area contributed by atoms with Crippen LogP contribution in [0.15, 0.2) is 64.4 Å². The molecular weight excluding hydrogens is 412 g/mol. The molecule has 0 saturated carbocycles. The van der Waals surface area contributed by atoms with Crippen LogP contribution in [0.25, 0.3) is 10.8 Å². The van der Waals surface area contributed by atoms with Crippen LogP contribution < -0.4 is 0 Å². The zero-order chi connectivity index (χ0) is 22.9. The molecule has 0 atom stereocenters. The van der Waals surface area contributed by atoms with Gasteiger partial charge in [0.15, 0.2) is 0 Å². The zero-order valence-corrected chi connectivity index (χ0v) is 20.8. The van der Waals surface area contributed by atoms with E-state index in [4.69, 9.17) is 4.74 Å². The fraction of sp³-hybridized carbons (Fsp3) is 0.414. The first-order valence-corrected chi connectivity index (χ1v) is 12.6. The quantitative estimate of drug-likeness (QED) is 0.281. The molecule has 0 spiro atoms. The Labute approximate surface area is 196 Å². The van der Waals surface area contributed by atoms with Gasteiger partial charge in [0.25, 0.3) is 0 Å². The molecule has 0 aromatic heterocycles. The highest BCUT2D eigenvalue weighted by atomic mass is 32.2. The van der Waals surface area contributed by atoms with E-state index in [0.717, 1.165) is 23.6 Å². The van der Waals surface area contributed by atoms with E-state index in [2.05, 4.69) is 77.1 Å². The van der Waals surface area contributed by atoms with E-state index < -0.39 is 0 Å². The molecule has 3 aromatic rings. The molecule has 32 heavy (non-hydrogen) atoms. The second-order valence-corrected chi connectivity index (χ2v) is 11.4. The maximum Gasteiger partial charge on any atom is 0.338 e. The minimum absolute atomic E-state index is 0.206. The molecule has 1 aliphatic rings. The first kappa shape index (κ1) is 22.9. The largest absolute Gasteiger partial charge is 0.462 e. The summed E-state index contributed by atoms with van der Waals surface area (Å²) in [5.41, 5.74) is 4.06. The van der Waals surface area contributed by atoms with Crippen LogP contribution >= 0.6 is 11.8 Å². The third-order valence-electron chi connectivity index (χ3n) is 6.86. The summed E-state index contributed by atoms with van der Waals surface area (Å²) in [6.07, 6.45) is 4.36. The van der Waals surface area contributed by atoms with Crippen LogP contribution in [0.1, 0.15) is 81.8 Å². The smallest absolute Gasteiger partial charge is 0.338 e. The van der Waals surface area contributed by atoms with Crippen LogP contribution in [0.2, 0.25) is 0 Å². The van der Waals surface area contributed by atoms with Gasteiger partial charge in [-0.3, -0.25) is 0 Å². The Kier molecular flexibility index (Phi) is 6.40. The van der Waals surface area contributed by atoms with Gasteiger partial charge in [0, 0.05) is 9.79 Å². The van der Waals surface area contributed by atoms with Crippen LogP contribution in [0, 0.1) is 0 Å². The van der Waals surface area contributed by atoms with Crippen molar-refractivity contribution in [3.63, 3.8) is 0 Å². The lowest BCUT2D eigenvalue weighted by atomic mass is 9.63. The predicted octanol–water partition coefficient (Wildman–Crippen LogP) is 8.30. The average Bonchev–Trinajstić information content (AvgIpc) is 2.76. The summed E-state index contributed by atoms with van der Waals surface area (Å²) in [5.74, 6) is -0.232. The molecule has 2 nitrogen and oxygen atoms in total.